The number of thiazole rings is 1. The number of hydrogen-bond acceptors (Lipinski definition) is 7. The van der Waals surface area contributed by atoms with Crippen LogP contribution in [0.1, 0.15) is 34.2 Å². The van der Waals surface area contributed by atoms with Crippen LogP contribution in [0.2, 0.25) is 0 Å². The smallest absolute Gasteiger partial charge is 0.251 e. The highest BCUT2D eigenvalue weighted by Crippen LogP contribution is 2.35. The van der Waals surface area contributed by atoms with Crippen LogP contribution in [0, 0.1) is 13.8 Å². The van der Waals surface area contributed by atoms with E-state index >= 15 is 0 Å². The van der Waals surface area contributed by atoms with Crippen molar-refractivity contribution in [2.75, 3.05) is 13.7 Å². The summed E-state index contributed by atoms with van der Waals surface area (Å²) in [6.45, 7) is 6.29. The highest BCUT2D eigenvalue weighted by molar-refractivity contribution is 7.98. The van der Waals surface area contributed by atoms with E-state index in [0.29, 0.717) is 34.4 Å². The molecule has 0 aliphatic rings. The zero-order chi connectivity index (χ0) is 21.0. The van der Waals surface area contributed by atoms with Gasteiger partial charge in [-0.1, -0.05) is 11.8 Å². The van der Waals surface area contributed by atoms with E-state index in [4.69, 9.17) is 20.2 Å². The summed E-state index contributed by atoms with van der Waals surface area (Å²) in [6.07, 6.45) is 0. The average Bonchev–Trinajstić information content (AvgIpc) is 3.15. The number of primary amides is 1. The van der Waals surface area contributed by atoms with E-state index in [1.54, 1.807) is 18.4 Å². The third kappa shape index (κ3) is 4.89. The standard InChI is InChI=1S/C21H23N3O3S2/c1-5-27-16-7-6-14(9-17(16)26-4)20-24-15(10-28-20)11-29-21-18(19(22)25)12(2)8-13(3)23-21/h6-10H,5,11H2,1-4H3,(H2,22,25). The molecule has 2 aromatic heterocycles. The SMILES string of the molecule is CCOc1ccc(-c2nc(CSc3nc(C)cc(C)c3C(N)=O)cs2)cc1OC. The van der Waals surface area contributed by atoms with Crippen molar-refractivity contribution in [1.29, 1.82) is 0 Å². The van der Waals surface area contributed by atoms with Crippen LogP contribution in [0.3, 0.4) is 0 Å². The van der Waals surface area contributed by atoms with E-state index in [0.717, 1.165) is 27.5 Å². The molecule has 3 rings (SSSR count). The molecule has 0 bridgehead atoms. The lowest BCUT2D eigenvalue weighted by Gasteiger charge is -2.10. The zero-order valence-corrected chi connectivity index (χ0v) is 18.4. The second-order valence-electron chi connectivity index (χ2n) is 6.36. The van der Waals surface area contributed by atoms with Gasteiger partial charge in [-0.25, -0.2) is 9.97 Å². The maximum absolute atomic E-state index is 11.8. The van der Waals surface area contributed by atoms with Gasteiger partial charge in [0.2, 0.25) is 0 Å². The molecular formula is C21H23N3O3S2. The van der Waals surface area contributed by atoms with E-state index in [1.807, 2.05) is 50.4 Å². The molecular weight excluding hydrogens is 406 g/mol. The van der Waals surface area contributed by atoms with Crippen molar-refractivity contribution < 1.29 is 14.3 Å². The minimum Gasteiger partial charge on any atom is -0.493 e. The number of aromatic nitrogens is 2. The molecule has 6 nitrogen and oxygen atoms in total. The van der Waals surface area contributed by atoms with Crippen LogP contribution in [0.4, 0.5) is 0 Å². The van der Waals surface area contributed by atoms with Crippen molar-refractivity contribution in [2.45, 2.75) is 31.6 Å². The number of methoxy groups -OCH3 is 1. The maximum atomic E-state index is 11.8. The Kier molecular flexibility index (Phi) is 6.76. The topological polar surface area (TPSA) is 87.3 Å². The highest BCUT2D eigenvalue weighted by Gasteiger charge is 2.16. The molecule has 0 unspecified atom stereocenters. The minimum atomic E-state index is -0.460. The van der Waals surface area contributed by atoms with Gasteiger partial charge in [-0.2, -0.15) is 0 Å². The van der Waals surface area contributed by atoms with Gasteiger partial charge in [0.15, 0.2) is 11.5 Å². The second-order valence-corrected chi connectivity index (χ2v) is 8.18. The average molecular weight is 430 g/mol. The monoisotopic (exact) mass is 429 g/mol. The molecule has 0 spiro atoms. The Labute approximate surface area is 178 Å². The van der Waals surface area contributed by atoms with Crippen LogP contribution in [0.15, 0.2) is 34.7 Å². The molecule has 8 heteroatoms. The van der Waals surface area contributed by atoms with Gasteiger partial charge in [-0.15, -0.1) is 11.3 Å². The van der Waals surface area contributed by atoms with Crippen LogP contribution in [-0.2, 0) is 5.75 Å². The first-order valence-electron chi connectivity index (χ1n) is 9.09. The number of pyridine rings is 1. The lowest BCUT2D eigenvalue weighted by Crippen LogP contribution is -2.15. The third-order valence-electron chi connectivity index (χ3n) is 4.18. The number of amides is 1. The lowest BCUT2D eigenvalue weighted by atomic mass is 10.1. The first kappa shape index (κ1) is 21.1. The van der Waals surface area contributed by atoms with Crippen LogP contribution >= 0.6 is 23.1 Å². The Hall–Kier alpha value is -2.58. The molecule has 0 saturated carbocycles. The molecule has 29 heavy (non-hydrogen) atoms. The number of nitrogens with two attached hydrogens (primary N) is 1. The van der Waals surface area contributed by atoms with Crippen molar-refractivity contribution in [3.8, 4) is 22.1 Å². The molecule has 1 amide bonds. The number of benzene rings is 1. The molecule has 2 N–H and O–H groups in total. The summed E-state index contributed by atoms with van der Waals surface area (Å²) >= 11 is 3.03. The second kappa shape index (κ2) is 9.28. The van der Waals surface area contributed by atoms with Gasteiger partial charge in [-0.05, 0) is 50.6 Å². The predicted octanol–water partition coefficient (Wildman–Crippen LogP) is 4.62. The number of carbonyl (C=O) groups excluding carboxylic acids is 1. The largest absolute Gasteiger partial charge is 0.493 e. The summed E-state index contributed by atoms with van der Waals surface area (Å²) in [6, 6.07) is 7.66. The van der Waals surface area contributed by atoms with Crippen LogP contribution < -0.4 is 15.2 Å². The van der Waals surface area contributed by atoms with E-state index in [-0.39, 0.29) is 0 Å². The normalized spacial score (nSPS) is 10.8. The molecule has 3 aromatic rings. The van der Waals surface area contributed by atoms with E-state index in [9.17, 15) is 4.79 Å². The molecule has 0 saturated heterocycles. The number of rotatable bonds is 8. The van der Waals surface area contributed by atoms with Gasteiger partial charge in [0.1, 0.15) is 10.0 Å². The van der Waals surface area contributed by atoms with Gasteiger partial charge < -0.3 is 15.2 Å². The van der Waals surface area contributed by atoms with E-state index in [1.165, 1.54) is 11.8 Å². The minimum absolute atomic E-state index is 0.460. The summed E-state index contributed by atoms with van der Waals surface area (Å²) < 4.78 is 11.0. The number of carbonyl (C=O) groups is 1. The van der Waals surface area contributed by atoms with Crippen LogP contribution in [0.25, 0.3) is 10.6 Å². The Morgan fingerprint density at radius 2 is 2.00 bits per heavy atom. The van der Waals surface area contributed by atoms with E-state index < -0.39 is 5.91 Å². The molecule has 152 valence electrons. The van der Waals surface area contributed by atoms with Crippen molar-refractivity contribution in [3.05, 3.63) is 52.2 Å². The van der Waals surface area contributed by atoms with Gasteiger partial charge >= 0.3 is 0 Å². The summed E-state index contributed by atoms with van der Waals surface area (Å²) in [7, 11) is 1.62. The summed E-state index contributed by atoms with van der Waals surface area (Å²) in [5.41, 5.74) is 9.61. The molecule has 0 atom stereocenters. The summed E-state index contributed by atoms with van der Waals surface area (Å²) in [5, 5.41) is 3.55. The molecule has 1 aromatic carbocycles. The first-order valence-corrected chi connectivity index (χ1v) is 11.0. The number of aryl methyl sites for hydroxylation is 2. The van der Waals surface area contributed by atoms with Crippen molar-refractivity contribution in [2.24, 2.45) is 5.73 Å². The Bertz CT molecular complexity index is 1030. The fourth-order valence-electron chi connectivity index (χ4n) is 2.93. The van der Waals surface area contributed by atoms with Gasteiger partial charge in [0, 0.05) is 22.4 Å². The fraction of sp³-hybridized carbons (Fsp3) is 0.286. The quantitative estimate of drug-likeness (QED) is 0.526. The van der Waals surface area contributed by atoms with Crippen LogP contribution in [0.5, 0.6) is 11.5 Å². The molecule has 0 radical (unpaired) electrons. The first-order chi connectivity index (χ1) is 13.9. The molecule has 2 heterocycles. The number of nitrogens with zero attached hydrogens (tertiary/aromatic N) is 2. The number of thioether (sulfide) groups is 1. The third-order valence-corrected chi connectivity index (χ3v) is 6.13. The Balaban J connectivity index is 1.79. The number of ether oxygens (including phenoxy) is 2. The molecule has 0 aliphatic heterocycles. The Morgan fingerprint density at radius 3 is 2.69 bits per heavy atom. The van der Waals surface area contributed by atoms with Gasteiger partial charge in [0.25, 0.3) is 5.91 Å². The van der Waals surface area contributed by atoms with Gasteiger partial charge in [0.05, 0.1) is 25.0 Å². The van der Waals surface area contributed by atoms with Crippen LogP contribution in [-0.4, -0.2) is 29.6 Å². The Morgan fingerprint density at radius 1 is 1.21 bits per heavy atom. The highest BCUT2D eigenvalue weighted by atomic mass is 32.2. The molecule has 0 aliphatic carbocycles. The fourth-order valence-corrected chi connectivity index (χ4v) is 4.90. The summed E-state index contributed by atoms with van der Waals surface area (Å²) in [5.74, 6) is 1.53. The lowest BCUT2D eigenvalue weighted by molar-refractivity contribution is 0.0996. The van der Waals surface area contributed by atoms with Crippen molar-refractivity contribution >= 4 is 29.0 Å². The maximum Gasteiger partial charge on any atom is 0.251 e. The zero-order valence-electron chi connectivity index (χ0n) is 16.8. The molecule has 0 fully saturated rings. The van der Waals surface area contributed by atoms with Crippen molar-refractivity contribution in [1.82, 2.24) is 9.97 Å². The number of hydrogen-bond donors (Lipinski definition) is 1. The van der Waals surface area contributed by atoms with E-state index in [2.05, 4.69) is 4.98 Å². The summed E-state index contributed by atoms with van der Waals surface area (Å²) in [4.78, 5) is 21.0. The van der Waals surface area contributed by atoms with Gasteiger partial charge in [-0.3, -0.25) is 4.79 Å². The van der Waals surface area contributed by atoms with Crippen molar-refractivity contribution in [3.63, 3.8) is 0 Å². The predicted molar refractivity (Wildman–Crippen MR) is 117 cm³/mol.